The Morgan fingerprint density at radius 3 is 2.89 bits per heavy atom. The van der Waals surface area contributed by atoms with E-state index in [0.29, 0.717) is 23.7 Å². The van der Waals surface area contributed by atoms with Gasteiger partial charge in [-0.15, -0.1) is 0 Å². The highest BCUT2D eigenvalue weighted by atomic mass is 19.1. The third-order valence-corrected chi connectivity index (χ3v) is 3.02. The fraction of sp³-hybridized carbons (Fsp3) is 0.308. The van der Waals surface area contributed by atoms with Crippen molar-refractivity contribution in [3.8, 4) is 16.9 Å². The average molecular weight is 248 g/mol. The molecular weight excluding hydrogens is 235 g/mol. The molecule has 0 spiro atoms. The van der Waals surface area contributed by atoms with Gasteiger partial charge in [0.1, 0.15) is 0 Å². The topological polar surface area (TPSA) is 61.3 Å². The van der Waals surface area contributed by atoms with Crippen LogP contribution in [0.4, 0.5) is 10.3 Å². The SMILES string of the molecule is Nc1oncc1-c1cccc(F)c1OCC1CC1. The molecule has 0 radical (unpaired) electrons. The molecule has 1 saturated carbocycles. The molecule has 0 unspecified atom stereocenters. The highest BCUT2D eigenvalue weighted by Crippen LogP contribution is 2.37. The second-order valence-electron chi connectivity index (χ2n) is 4.47. The van der Waals surface area contributed by atoms with E-state index in [4.69, 9.17) is 15.0 Å². The minimum absolute atomic E-state index is 0.164. The lowest BCUT2D eigenvalue weighted by molar-refractivity contribution is 0.286. The number of halogens is 1. The van der Waals surface area contributed by atoms with E-state index in [2.05, 4.69) is 5.16 Å². The number of para-hydroxylation sites is 1. The Morgan fingerprint density at radius 1 is 1.39 bits per heavy atom. The first-order valence-electron chi connectivity index (χ1n) is 5.87. The summed E-state index contributed by atoms with van der Waals surface area (Å²) in [7, 11) is 0. The average Bonchev–Trinajstić information content (AvgIpc) is 3.09. The van der Waals surface area contributed by atoms with Crippen LogP contribution in [0, 0.1) is 11.7 Å². The van der Waals surface area contributed by atoms with Crippen molar-refractivity contribution in [3.05, 3.63) is 30.2 Å². The molecule has 0 bridgehead atoms. The standard InChI is InChI=1S/C13H13FN2O2/c14-11-3-1-2-9(10-6-16-18-13(10)15)12(11)17-7-8-4-5-8/h1-3,6,8H,4-5,7,15H2. The Morgan fingerprint density at radius 2 is 2.22 bits per heavy atom. The third-order valence-electron chi connectivity index (χ3n) is 3.02. The lowest BCUT2D eigenvalue weighted by atomic mass is 10.1. The number of hydrogen-bond donors (Lipinski definition) is 1. The molecule has 0 aliphatic heterocycles. The van der Waals surface area contributed by atoms with Crippen molar-refractivity contribution < 1.29 is 13.7 Å². The summed E-state index contributed by atoms with van der Waals surface area (Å²) in [6.45, 7) is 0.541. The molecule has 5 heteroatoms. The van der Waals surface area contributed by atoms with Gasteiger partial charge < -0.3 is 15.0 Å². The molecule has 4 nitrogen and oxygen atoms in total. The molecule has 2 aromatic rings. The van der Waals surface area contributed by atoms with Crippen molar-refractivity contribution in [2.45, 2.75) is 12.8 Å². The van der Waals surface area contributed by atoms with Crippen LogP contribution in [0.25, 0.3) is 11.1 Å². The van der Waals surface area contributed by atoms with Gasteiger partial charge in [-0.1, -0.05) is 17.3 Å². The van der Waals surface area contributed by atoms with Gasteiger partial charge in [0.15, 0.2) is 11.6 Å². The molecule has 1 aliphatic carbocycles. The van der Waals surface area contributed by atoms with Crippen LogP contribution in [0.2, 0.25) is 0 Å². The van der Waals surface area contributed by atoms with E-state index in [-0.39, 0.29) is 11.6 Å². The zero-order valence-corrected chi connectivity index (χ0v) is 9.73. The maximum atomic E-state index is 13.8. The molecule has 0 amide bonds. The van der Waals surface area contributed by atoms with E-state index in [1.165, 1.54) is 12.3 Å². The Labute approximate surface area is 104 Å². The second kappa shape index (κ2) is 4.33. The predicted octanol–water partition coefficient (Wildman–Crippen LogP) is 2.85. The zero-order chi connectivity index (χ0) is 12.5. The van der Waals surface area contributed by atoms with E-state index in [1.54, 1.807) is 12.1 Å². The van der Waals surface area contributed by atoms with Crippen LogP contribution in [-0.4, -0.2) is 11.8 Å². The summed E-state index contributed by atoms with van der Waals surface area (Å²) in [6.07, 6.45) is 3.77. The van der Waals surface area contributed by atoms with Crippen LogP contribution >= 0.6 is 0 Å². The van der Waals surface area contributed by atoms with E-state index in [9.17, 15) is 4.39 Å². The fourth-order valence-electron chi connectivity index (χ4n) is 1.80. The van der Waals surface area contributed by atoms with Crippen LogP contribution in [0.5, 0.6) is 5.75 Å². The lowest BCUT2D eigenvalue weighted by Gasteiger charge is -2.11. The van der Waals surface area contributed by atoms with Crippen molar-refractivity contribution in [1.29, 1.82) is 0 Å². The number of anilines is 1. The van der Waals surface area contributed by atoms with Gasteiger partial charge in [0, 0.05) is 5.56 Å². The molecule has 18 heavy (non-hydrogen) atoms. The van der Waals surface area contributed by atoms with E-state index in [0.717, 1.165) is 12.8 Å². The minimum atomic E-state index is -0.395. The minimum Gasteiger partial charge on any atom is -0.490 e. The maximum Gasteiger partial charge on any atom is 0.230 e. The van der Waals surface area contributed by atoms with Gasteiger partial charge in [0.2, 0.25) is 5.88 Å². The third kappa shape index (κ3) is 2.03. The number of hydrogen-bond acceptors (Lipinski definition) is 4. The molecular formula is C13H13FN2O2. The van der Waals surface area contributed by atoms with E-state index < -0.39 is 5.82 Å². The molecule has 2 N–H and O–H groups in total. The highest BCUT2D eigenvalue weighted by Gasteiger charge is 2.24. The lowest BCUT2D eigenvalue weighted by Crippen LogP contribution is -2.02. The number of aromatic nitrogens is 1. The summed E-state index contributed by atoms with van der Waals surface area (Å²) < 4.78 is 24.2. The fourth-order valence-corrected chi connectivity index (χ4v) is 1.80. The van der Waals surface area contributed by atoms with Gasteiger partial charge in [-0.3, -0.25) is 0 Å². The van der Waals surface area contributed by atoms with Gasteiger partial charge >= 0.3 is 0 Å². The number of rotatable bonds is 4. The summed E-state index contributed by atoms with van der Waals surface area (Å²) in [5.41, 5.74) is 6.79. The Kier molecular flexibility index (Phi) is 2.66. The summed E-state index contributed by atoms with van der Waals surface area (Å²) in [4.78, 5) is 0. The monoisotopic (exact) mass is 248 g/mol. The van der Waals surface area contributed by atoms with Crippen LogP contribution in [0.1, 0.15) is 12.8 Å². The normalized spacial score (nSPS) is 14.7. The summed E-state index contributed by atoms with van der Waals surface area (Å²) in [5.74, 6) is 0.544. The smallest absolute Gasteiger partial charge is 0.230 e. The Bertz CT molecular complexity index is 564. The summed E-state index contributed by atoms with van der Waals surface area (Å²) in [6, 6.07) is 4.73. The number of benzene rings is 1. The van der Waals surface area contributed by atoms with Gasteiger partial charge in [-0.25, -0.2) is 4.39 Å². The maximum absolute atomic E-state index is 13.8. The molecule has 1 aliphatic rings. The first kappa shape index (κ1) is 11.1. The van der Waals surface area contributed by atoms with Crippen molar-refractivity contribution in [2.75, 3.05) is 12.3 Å². The van der Waals surface area contributed by atoms with E-state index in [1.807, 2.05) is 0 Å². The highest BCUT2D eigenvalue weighted by molar-refractivity contribution is 5.77. The Balaban J connectivity index is 1.97. The first-order chi connectivity index (χ1) is 8.75. The first-order valence-corrected chi connectivity index (χ1v) is 5.87. The number of nitrogen functional groups attached to an aromatic ring is 1. The molecule has 1 aromatic heterocycles. The molecule has 3 rings (SSSR count). The van der Waals surface area contributed by atoms with Gasteiger partial charge in [-0.2, -0.15) is 0 Å². The van der Waals surface area contributed by atoms with Crippen molar-refractivity contribution in [2.24, 2.45) is 5.92 Å². The number of nitrogens with two attached hydrogens (primary N) is 1. The van der Waals surface area contributed by atoms with Crippen molar-refractivity contribution in [3.63, 3.8) is 0 Å². The Hall–Kier alpha value is -2.04. The summed E-state index contributed by atoms with van der Waals surface area (Å²) >= 11 is 0. The molecule has 0 saturated heterocycles. The quantitative estimate of drug-likeness (QED) is 0.903. The molecule has 1 fully saturated rings. The zero-order valence-electron chi connectivity index (χ0n) is 9.73. The predicted molar refractivity (Wildman–Crippen MR) is 64.5 cm³/mol. The largest absolute Gasteiger partial charge is 0.490 e. The van der Waals surface area contributed by atoms with Gasteiger partial charge in [0.05, 0.1) is 18.4 Å². The number of nitrogens with zero attached hydrogens (tertiary/aromatic N) is 1. The van der Waals surface area contributed by atoms with Crippen LogP contribution in [0.3, 0.4) is 0 Å². The van der Waals surface area contributed by atoms with Crippen molar-refractivity contribution >= 4 is 5.88 Å². The van der Waals surface area contributed by atoms with Gasteiger partial charge in [-0.05, 0) is 24.8 Å². The molecule has 94 valence electrons. The molecule has 0 atom stereocenters. The van der Waals surface area contributed by atoms with Crippen molar-refractivity contribution in [1.82, 2.24) is 5.16 Å². The van der Waals surface area contributed by atoms with Crippen LogP contribution in [-0.2, 0) is 0 Å². The van der Waals surface area contributed by atoms with Gasteiger partial charge in [0.25, 0.3) is 0 Å². The molecule has 1 heterocycles. The molecule has 1 aromatic carbocycles. The van der Waals surface area contributed by atoms with Crippen LogP contribution < -0.4 is 10.5 Å². The van der Waals surface area contributed by atoms with Crippen LogP contribution in [0.15, 0.2) is 28.9 Å². The second-order valence-corrected chi connectivity index (χ2v) is 4.47. The summed E-state index contributed by atoms with van der Waals surface area (Å²) in [5, 5.41) is 3.60. The van der Waals surface area contributed by atoms with E-state index >= 15 is 0 Å². The number of ether oxygens (including phenoxy) is 1.